The van der Waals surface area contributed by atoms with Crippen LogP contribution in [0.4, 0.5) is 5.69 Å². The fourth-order valence-electron chi connectivity index (χ4n) is 3.02. The van der Waals surface area contributed by atoms with Crippen LogP contribution in [0.1, 0.15) is 30.8 Å². The molecule has 0 saturated heterocycles. The summed E-state index contributed by atoms with van der Waals surface area (Å²) in [5.74, 6) is 1.38. The predicted molar refractivity (Wildman–Crippen MR) is 108 cm³/mol. The molecule has 0 amide bonds. The topological polar surface area (TPSA) is 63.8 Å². The molecule has 6 nitrogen and oxygen atoms in total. The smallest absolute Gasteiger partial charge is 0.434 e. The average molecular weight is 572 g/mol. The number of aromatic nitrogens is 4. The van der Waals surface area contributed by atoms with E-state index in [1.165, 1.54) is 0 Å². The molecule has 148 valence electrons. The van der Waals surface area contributed by atoms with Gasteiger partial charge in [0, 0.05) is 22.9 Å². The molecule has 4 rings (SSSR count). The van der Waals surface area contributed by atoms with Crippen molar-refractivity contribution in [3.63, 3.8) is 0 Å². The van der Waals surface area contributed by atoms with Crippen molar-refractivity contribution in [2.45, 2.75) is 19.3 Å². The summed E-state index contributed by atoms with van der Waals surface area (Å²) in [6.45, 7) is 11.2. The Labute approximate surface area is 189 Å². The van der Waals surface area contributed by atoms with Crippen molar-refractivity contribution in [3.05, 3.63) is 102 Å². The maximum atomic E-state index is 9.03. The molecule has 30 heavy (non-hydrogen) atoms. The number of hydrogen-bond acceptors (Lipinski definition) is 3. The molecule has 0 bridgehead atoms. The molecule has 0 atom stereocenters. The SMILES string of the molecule is [C-]#[N+]c1c[c-]n(-c2cccc(C(C)(C)c3cccc(-n4[c-]cc(C#N)c4)n3)n2)c1.[Pt+2]. The van der Waals surface area contributed by atoms with Gasteiger partial charge in [-0.3, -0.25) is 9.97 Å². The van der Waals surface area contributed by atoms with Crippen LogP contribution in [0.5, 0.6) is 0 Å². The molecule has 4 aromatic heterocycles. The van der Waals surface area contributed by atoms with Gasteiger partial charge in [-0.05, 0) is 43.8 Å². The van der Waals surface area contributed by atoms with Crippen molar-refractivity contribution < 1.29 is 21.1 Å². The van der Waals surface area contributed by atoms with Crippen LogP contribution < -0.4 is 0 Å². The first-order valence-corrected chi connectivity index (χ1v) is 8.95. The van der Waals surface area contributed by atoms with Gasteiger partial charge in [0.2, 0.25) is 5.69 Å². The average Bonchev–Trinajstić information content (AvgIpc) is 3.43. The monoisotopic (exact) mass is 571 g/mol. The molecule has 0 aliphatic rings. The van der Waals surface area contributed by atoms with Gasteiger partial charge < -0.3 is 9.13 Å². The Bertz CT molecular complexity index is 1170. The standard InChI is InChI=1S/C23H16N6.Pt/c1-23(2,19-6-4-8-21(26-19)28-12-10-17(14-24)15-28)20-7-5-9-22(27-20)29-13-11-18(16-29)25-3;/h4-11,15-16H,1-2H3;/q-2;+2. The van der Waals surface area contributed by atoms with Gasteiger partial charge in [0.15, 0.2) is 0 Å². The fraction of sp³-hybridized carbons (Fsp3) is 0.130. The van der Waals surface area contributed by atoms with Crippen LogP contribution in [0.25, 0.3) is 16.5 Å². The van der Waals surface area contributed by atoms with E-state index in [1.54, 1.807) is 33.7 Å². The fourth-order valence-corrected chi connectivity index (χ4v) is 3.02. The molecule has 4 heterocycles. The second-order valence-corrected chi connectivity index (χ2v) is 7.04. The van der Waals surface area contributed by atoms with Crippen LogP contribution in [0, 0.1) is 30.3 Å². The molecule has 0 aliphatic carbocycles. The van der Waals surface area contributed by atoms with E-state index in [-0.39, 0.29) is 21.1 Å². The van der Waals surface area contributed by atoms with Crippen LogP contribution in [0.15, 0.2) is 60.9 Å². The number of nitriles is 1. The predicted octanol–water partition coefficient (Wildman–Crippen LogP) is 4.40. The van der Waals surface area contributed by atoms with Crippen LogP contribution in [-0.2, 0) is 26.5 Å². The molecular weight excluding hydrogens is 555 g/mol. The van der Waals surface area contributed by atoms with Gasteiger partial charge in [-0.25, -0.2) is 10.1 Å². The normalized spacial score (nSPS) is 10.7. The summed E-state index contributed by atoms with van der Waals surface area (Å²) in [4.78, 5) is 13.0. The van der Waals surface area contributed by atoms with Crippen LogP contribution >= 0.6 is 0 Å². The second kappa shape index (κ2) is 8.49. The molecule has 0 spiro atoms. The summed E-state index contributed by atoms with van der Waals surface area (Å²) in [5, 5.41) is 9.03. The van der Waals surface area contributed by atoms with Gasteiger partial charge in [-0.1, -0.05) is 42.9 Å². The summed E-state index contributed by atoms with van der Waals surface area (Å²) in [6.07, 6.45) is 9.45. The first-order valence-electron chi connectivity index (χ1n) is 8.95. The zero-order valence-corrected chi connectivity index (χ0v) is 18.5. The first-order chi connectivity index (χ1) is 14.0. The van der Waals surface area contributed by atoms with E-state index in [9.17, 15) is 0 Å². The molecule has 0 N–H and O–H groups in total. The Hall–Kier alpha value is -3.47. The van der Waals surface area contributed by atoms with Gasteiger partial charge in [-0.15, -0.1) is 6.07 Å². The zero-order valence-electron chi connectivity index (χ0n) is 16.3. The molecule has 0 unspecified atom stereocenters. The molecular formula is C23H16N6Pt. The van der Waals surface area contributed by atoms with Crippen LogP contribution in [0.3, 0.4) is 0 Å². The van der Waals surface area contributed by atoms with Crippen molar-refractivity contribution in [2.75, 3.05) is 0 Å². The largest absolute Gasteiger partial charge is 2.00 e. The molecule has 0 fully saturated rings. The third-order valence-corrected chi connectivity index (χ3v) is 4.74. The number of rotatable bonds is 4. The minimum atomic E-state index is -0.465. The molecule has 7 heteroatoms. The minimum Gasteiger partial charge on any atom is -0.434 e. The van der Waals surface area contributed by atoms with Gasteiger partial charge in [0.25, 0.3) is 0 Å². The van der Waals surface area contributed by atoms with E-state index >= 15 is 0 Å². The molecule has 4 aromatic rings. The third kappa shape index (κ3) is 3.96. The third-order valence-electron chi connectivity index (χ3n) is 4.74. The summed E-state index contributed by atoms with van der Waals surface area (Å²) in [5.41, 5.74) is 2.28. The Morgan fingerprint density at radius 1 is 0.967 bits per heavy atom. The van der Waals surface area contributed by atoms with E-state index in [4.69, 9.17) is 21.8 Å². The maximum absolute atomic E-state index is 9.03. The maximum Gasteiger partial charge on any atom is 2.00 e. The van der Waals surface area contributed by atoms with Gasteiger partial charge in [0.05, 0.1) is 11.6 Å². The summed E-state index contributed by atoms with van der Waals surface area (Å²) in [7, 11) is 0. The van der Waals surface area contributed by atoms with E-state index in [0.29, 0.717) is 22.9 Å². The molecule has 0 aromatic carbocycles. The number of hydrogen-bond donors (Lipinski definition) is 0. The molecule has 0 radical (unpaired) electrons. The Morgan fingerprint density at radius 3 is 2.03 bits per heavy atom. The zero-order chi connectivity index (χ0) is 20.4. The quantitative estimate of drug-likeness (QED) is 0.341. The van der Waals surface area contributed by atoms with Gasteiger partial charge in [0.1, 0.15) is 6.57 Å². The van der Waals surface area contributed by atoms with Crippen molar-refractivity contribution >= 4 is 5.69 Å². The van der Waals surface area contributed by atoms with Crippen molar-refractivity contribution in [2.24, 2.45) is 0 Å². The van der Waals surface area contributed by atoms with Gasteiger partial charge in [-0.2, -0.15) is 0 Å². The minimum absolute atomic E-state index is 0. The molecule has 0 aliphatic heterocycles. The number of nitrogens with zero attached hydrogens (tertiary/aromatic N) is 6. The van der Waals surface area contributed by atoms with Crippen LogP contribution in [0.2, 0.25) is 0 Å². The van der Waals surface area contributed by atoms with Crippen molar-refractivity contribution in [3.8, 4) is 17.7 Å². The summed E-state index contributed by atoms with van der Waals surface area (Å²) in [6, 6.07) is 16.9. The van der Waals surface area contributed by atoms with Gasteiger partial charge >= 0.3 is 21.1 Å². The second-order valence-electron chi connectivity index (χ2n) is 7.04. The van der Waals surface area contributed by atoms with E-state index in [2.05, 4.69) is 37.2 Å². The Kier molecular flexibility index (Phi) is 6.01. The van der Waals surface area contributed by atoms with Crippen LogP contribution in [-0.4, -0.2) is 19.1 Å². The van der Waals surface area contributed by atoms with E-state index < -0.39 is 5.41 Å². The Balaban J connectivity index is 0.00000256. The number of pyridine rings is 2. The first kappa shape index (κ1) is 21.2. The Morgan fingerprint density at radius 2 is 1.53 bits per heavy atom. The summed E-state index contributed by atoms with van der Waals surface area (Å²) < 4.78 is 3.43. The summed E-state index contributed by atoms with van der Waals surface area (Å²) >= 11 is 0. The van der Waals surface area contributed by atoms with Crippen molar-refractivity contribution in [1.82, 2.24) is 19.1 Å². The molecule has 0 saturated carbocycles. The van der Waals surface area contributed by atoms with Crippen molar-refractivity contribution in [1.29, 1.82) is 5.26 Å². The van der Waals surface area contributed by atoms with E-state index in [1.807, 2.05) is 36.4 Å². The van der Waals surface area contributed by atoms with E-state index in [0.717, 1.165) is 11.4 Å².